The van der Waals surface area contributed by atoms with Crippen LogP contribution in [0.3, 0.4) is 0 Å². The first-order valence-electron chi connectivity index (χ1n) is 10.2. The molecule has 0 atom stereocenters. The second-order valence-electron chi connectivity index (χ2n) is 7.42. The van der Waals surface area contributed by atoms with Gasteiger partial charge in [-0.2, -0.15) is 0 Å². The van der Waals surface area contributed by atoms with E-state index in [9.17, 15) is 4.79 Å². The Morgan fingerprint density at radius 2 is 1.90 bits per heavy atom. The van der Waals surface area contributed by atoms with E-state index in [1.54, 1.807) is 13.2 Å². The van der Waals surface area contributed by atoms with E-state index in [1.807, 2.05) is 12.1 Å². The molecular weight excluding hydrogens is 380 g/mol. The molecule has 0 radical (unpaired) electrons. The molecule has 0 aliphatic carbocycles. The predicted octanol–water partition coefficient (Wildman–Crippen LogP) is 2.87. The number of benzene rings is 2. The fourth-order valence-electron chi connectivity index (χ4n) is 3.80. The Balaban J connectivity index is 1.48. The van der Waals surface area contributed by atoms with Crippen molar-refractivity contribution in [2.24, 2.45) is 0 Å². The van der Waals surface area contributed by atoms with Crippen LogP contribution in [0.25, 0.3) is 10.9 Å². The van der Waals surface area contributed by atoms with Crippen LogP contribution < -0.4 is 10.5 Å². The number of carbonyl (C=O) groups is 1. The van der Waals surface area contributed by atoms with Gasteiger partial charge in [-0.25, -0.2) is 9.97 Å². The first kappa shape index (κ1) is 20.3. The summed E-state index contributed by atoms with van der Waals surface area (Å²) in [6.45, 7) is 4.38. The third-order valence-electron chi connectivity index (χ3n) is 5.33. The monoisotopic (exact) mass is 406 g/mol. The highest BCUT2D eigenvalue weighted by Gasteiger charge is 2.17. The summed E-state index contributed by atoms with van der Waals surface area (Å²) < 4.78 is 10.8. The van der Waals surface area contributed by atoms with E-state index in [2.05, 4.69) is 39.1 Å². The standard InChI is InChI=1S/C23H26N4O3/c1-29-20-7-3-6-18-21(25-23(24)26-22(18)20)19(28)9-8-16-4-2-5-17(14-16)15-27-10-12-30-13-11-27/h2-7,14H,8-13,15H2,1H3,(H2,24,25,26). The van der Waals surface area contributed by atoms with E-state index in [-0.39, 0.29) is 11.7 Å². The van der Waals surface area contributed by atoms with Gasteiger partial charge in [0.05, 0.1) is 20.3 Å². The van der Waals surface area contributed by atoms with Gasteiger partial charge in [-0.05, 0) is 23.6 Å². The topological polar surface area (TPSA) is 90.6 Å². The maximum Gasteiger partial charge on any atom is 0.221 e. The number of nitrogen functional groups attached to an aromatic ring is 1. The molecule has 30 heavy (non-hydrogen) atoms. The number of aryl methyl sites for hydroxylation is 1. The molecule has 7 heteroatoms. The van der Waals surface area contributed by atoms with Gasteiger partial charge in [0.25, 0.3) is 0 Å². The molecule has 4 rings (SSSR count). The molecule has 1 aromatic heterocycles. The van der Waals surface area contributed by atoms with Crippen LogP contribution >= 0.6 is 0 Å². The van der Waals surface area contributed by atoms with E-state index < -0.39 is 0 Å². The molecule has 3 aromatic rings. The summed E-state index contributed by atoms with van der Waals surface area (Å²) in [6, 6.07) is 13.9. The number of aromatic nitrogens is 2. The largest absolute Gasteiger partial charge is 0.494 e. The number of methoxy groups -OCH3 is 1. The highest BCUT2D eigenvalue weighted by Crippen LogP contribution is 2.27. The van der Waals surface area contributed by atoms with Gasteiger partial charge in [-0.1, -0.05) is 36.4 Å². The zero-order chi connectivity index (χ0) is 20.9. The SMILES string of the molecule is COc1cccc2c(C(=O)CCc3cccc(CN4CCOCC4)c3)nc(N)nc12. The van der Waals surface area contributed by atoms with Gasteiger partial charge in [-0.15, -0.1) is 0 Å². The number of hydrogen-bond donors (Lipinski definition) is 1. The number of morpholine rings is 1. The minimum absolute atomic E-state index is 0.0547. The Morgan fingerprint density at radius 3 is 2.70 bits per heavy atom. The van der Waals surface area contributed by atoms with E-state index >= 15 is 0 Å². The van der Waals surface area contributed by atoms with E-state index in [0.29, 0.717) is 35.2 Å². The number of rotatable bonds is 7. The lowest BCUT2D eigenvalue weighted by Gasteiger charge is -2.26. The van der Waals surface area contributed by atoms with Crippen molar-refractivity contribution in [3.8, 4) is 5.75 Å². The zero-order valence-electron chi connectivity index (χ0n) is 17.1. The van der Waals surface area contributed by atoms with Crippen molar-refractivity contribution in [3.63, 3.8) is 0 Å². The highest BCUT2D eigenvalue weighted by atomic mass is 16.5. The van der Waals surface area contributed by atoms with Crippen molar-refractivity contribution >= 4 is 22.6 Å². The lowest BCUT2D eigenvalue weighted by Crippen LogP contribution is -2.35. The maximum absolute atomic E-state index is 13.0. The first-order valence-corrected chi connectivity index (χ1v) is 10.2. The molecule has 1 aliphatic rings. The van der Waals surface area contributed by atoms with E-state index in [4.69, 9.17) is 15.2 Å². The lowest BCUT2D eigenvalue weighted by molar-refractivity contribution is 0.0342. The van der Waals surface area contributed by atoms with Crippen LogP contribution in [0.15, 0.2) is 42.5 Å². The Morgan fingerprint density at radius 1 is 1.13 bits per heavy atom. The van der Waals surface area contributed by atoms with Crippen LogP contribution in [0, 0.1) is 0 Å². The number of nitrogens with two attached hydrogens (primary N) is 1. The number of para-hydroxylation sites is 1. The second kappa shape index (κ2) is 9.19. The number of fused-ring (bicyclic) bond motifs is 1. The molecule has 0 spiro atoms. The molecule has 1 fully saturated rings. The lowest BCUT2D eigenvalue weighted by atomic mass is 10.0. The fraction of sp³-hybridized carbons (Fsp3) is 0.348. The number of anilines is 1. The van der Waals surface area contributed by atoms with Crippen molar-refractivity contribution in [1.29, 1.82) is 0 Å². The summed E-state index contributed by atoms with van der Waals surface area (Å²) in [5.41, 5.74) is 9.16. The molecule has 2 heterocycles. The third kappa shape index (κ3) is 4.58. The summed E-state index contributed by atoms with van der Waals surface area (Å²) in [7, 11) is 1.57. The fourth-order valence-corrected chi connectivity index (χ4v) is 3.80. The van der Waals surface area contributed by atoms with Crippen molar-refractivity contribution < 1.29 is 14.3 Å². The van der Waals surface area contributed by atoms with Gasteiger partial charge in [0, 0.05) is 31.4 Å². The van der Waals surface area contributed by atoms with Gasteiger partial charge in [0.2, 0.25) is 5.95 Å². The minimum Gasteiger partial charge on any atom is -0.494 e. The molecule has 0 bridgehead atoms. The van der Waals surface area contributed by atoms with Crippen molar-refractivity contribution in [1.82, 2.24) is 14.9 Å². The molecule has 2 N–H and O–H groups in total. The van der Waals surface area contributed by atoms with Crippen LogP contribution in [0.5, 0.6) is 5.75 Å². The normalized spacial score (nSPS) is 14.7. The Hall–Kier alpha value is -3.03. The first-order chi connectivity index (χ1) is 14.6. The third-order valence-corrected chi connectivity index (χ3v) is 5.33. The smallest absolute Gasteiger partial charge is 0.221 e. The van der Waals surface area contributed by atoms with Gasteiger partial charge in [0.15, 0.2) is 5.78 Å². The van der Waals surface area contributed by atoms with Crippen LogP contribution in [-0.4, -0.2) is 54.1 Å². The second-order valence-corrected chi connectivity index (χ2v) is 7.42. The van der Waals surface area contributed by atoms with Crippen molar-refractivity contribution in [2.75, 3.05) is 39.1 Å². The zero-order valence-corrected chi connectivity index (χ0v) is 17.1. The summed E-state index contributed by atoms with van der Waals surface area (Å²) >= 11 is 0. The van der Waals surface area contributed by atoms with Crippen LogP contribution in [0.4, 0.5) is 5.95 Å². The van der Waals surface area contributed by atoms with E-state index in [0.717, 1.165) is 38.4 Å². The Bertz CT molecular complexity index is 1050. The molecule has 156 valence electrons. The molecular formula is C23H26N4O3. The van der Waals surface area contributed by atoms with Crippen LogP contribution in [-0.2, 0) is 17.7 Å². The molecule has 2 aromatic carbocycles. The molecule has 0 amide bonds. The average Bonchev–Trinajstić information content (AvgIpc) is 2.77. The molecule has 1 aliphatic heterocycles. The Kier molecular flexibility index (Phi) is 6.21. The molecule has 0 saturated carbocycles. The number of Topliss-reactive ketones (excluding diaryl/α,β-unsaturated/α-hetero) is 1. The predicted molar refractivity (Wildman–Crippen MR) is 116 cm³/mol. The summed E-state index contributed by atoms with van der Waals surface area (Å²) in [6.07, 6.45) is 0.995. The molecule has 1 saturated heterocycles. The highest BCUT2D eigenvalue weighted by molar-refractivity contribution is 6.07. The quantitative estimate of drug-likeness (QED) is 0.603. The van der Waals surface area contributed by atoms with Crippen molar-refractivity contribution in [3.05, 3.63) is 59.3 Å². The van der Waals surface area contributed by atoms with Crippen LogP contribution in [0.2, 0.25) is 0 Å². The number of hydrogen-bond acceptors (Lipinski definition) is 7. The van der Waals surface area contributed by atoms with Crippen molar-refractivity contribution in [2.45, 2.75) is 19.4 Å². The summed E-state index contributed by atoms with van der Waals surface area (Å²) in [5.74, 6) is 0.593. The Labute approximate surface area is 175 Å². The number of carbonyl (C=O) groups excluding carboxylic acids is 1. The van der Waals surface area contributed by atoms with Gasteiger partial charge in [0.1, 0.15) is 17.0 Å². The van der Waals surface area contributed by atoms with Gasteiger partial charge >= 0.3 is 0 Å². The minimum atomic E-state index is -0.0547. The van der Waals surface area contributed by atoms with E-state index in [1.165, 1.54) is 5.56 Å². The summed E-state index contributed by atoms with van der Waals surface area (Å²) in [4.78, 5) is 23.8. The van der Waals surface area contributed by atoms with Gasteiger partial charge in [-0.3, -0.25) is 9.69 Å². The molecule has 0 unspecified atom stereocenters. The number of nitrogens with zero attached hydrogens (tertiary/aromatic N) is 3. The maximum atomic E-state index is 13.0. The number of ketones is 1. The van der Waals surface area contributed by atoms with Crippen LogP contribution in [0.1, 0.15) is 28.0 Å². The molecule has 7 nitrogen and oxygen atoms in total. The number of ether oxygens (including phenoxy) is 2. The average molecular weight is 406 g/mol. The summed E-state index contributed by atoms with van der Waals surface area (Å²) in [5, 5.41) is 0.662. The van der Waals surface area contributed by atoms with Gasteiger partial charge < -0.3 is 15.2 Å².